The minimum Gasteiger partial charge on any atom is -0.390 e. The highest BCUT2D eigenvalue weighted by Gasteiger charge is 2.34. The summed E-state index contributed by atoms with van der Waals surface area (Å²) in [6.45, 7) is 6.86. The van der Waals surface area contributed by atoms with E-state index in [2.05, 4.69) is 5.16 Å². The first kappa shape index (κ1) is 16.7. The molecule has 128 valence electrons. The van der Waals surface area contributed by atoms with E-state index >= 15 is 0 Å². The van der Waals surface area contributed by atoms with Crippen LogP contribution in [0.2, 0.25) is 0 Å². The van der Waals surface area contributed by atoms with Gasteiger partial charge >= 0.3 is 0 Å². The maximum Gasteiger partial charge on any atom is 0.259 e. The number of aryl methyl sites for hydroxylation is 1. The molecule has 1 aliphatic rings. The van der Waals surface area contributed by atoms with Crippen molar-refractivity contribution in [1.82, 2.24) is 10.1 Å². The predicted molar refractivity (Wildman–Crippen MR) is 91.6 cm³/mol. The lowest BCUT2D eigenvalue weighted by molar-refractivity contribution is -0.0146. The molecule has 1 saturated heterocycles. The lowest BCUT2D eigenvalue weighted by atomic mass is 9.84. The number of carbonyl (C=O) groups excluding carboxylic acids is 1. The molecule has 0 radical (unpaired) electrons. The molecule has 5 nitrogen and oxygen atoms in total. The van der Waals surface area contributed by atoms with Crippen molar-refractivity contribution in [3.8, 4) is 11.3 Å². The summed E-state index contributed by atoms with van der Waals surface area (Å²) < 4.78 is 5.39. The van der Waals surface area contributed by atoms with Crippen molar-refractivity contribution < 1.29 is 14.4 Å². The molecule has 1 N–H and O–H groups in total. The van der Waals surface area contributed by atoms with Gasteiger partial charge in [-0.15, -0.1) is 0 Å². The van der Waals surface area contributed by atoms with E-state index in [0.717, 1.165) is 24.0 Å². The molecule has 24 heavy (non-hydrogen) atoms. The lowest BCUT2D eigenvalue weighted by Crippen LogP contribution is -2.46. The third-order valence-electron chi connectivity index (χ3n) is 4.90. The summed E-state index contributed by atoms with van der Waals surface area (Å²) in [5.41, 5.74) is 1.62. The Hall–Kier alpha value is -2.14. The van der Waals surface area contributed by atoms with Crippen LogP contribution in [-0.2, 0) is 0 Å². The number of hydrogen-bond donors (Lipinski definition) is 1. The molecule has 1 atom stereocenters. The van der Waals surface area contributed by atoms with Gasteiger partial charge in [0.25, 0.3) is 5.91 Å². The number of amides is 1. The van der Waals surface area contributed by atoms with E-state index in [1.165, 1.54) is 6.20 Å². The number of piperidine rings is 1. The van der Waals surface area contributed by atoms with E-state index in [0.29, 0.717) is 24.4 Å². The van der Waals surface area contributed by atoms with E-state index in [4.69, 9.17) is 4.52 Å². The monoisotopic (exact) mass is 328 g/mol. The quantitative estimate of drug-likeness (QED) is 0.939. The highest BCUT2D eigenvalue weighted by Crippen LogP contribution is 2.31. The topological polar surface area (TPSA) is 66.6 Å². The Balaban J connectivity index is 1.87. The molecule has 1 aromatic heterocycles. The summed E-state index contributed by atoms with van der Waals surface area (Å²) in [5, 5.41) is 14.1. The highest BCUT2D eigenvalue weighted by atomic mass is 16.5. The molecule has 0 aliphatic carbocycles. The van der Waals surface area contributed by atoms with Crippen molar-refractivity contribution in [2.45, 2.75) is 39.2 Å². The summed E-state index contributed by atoms with van der Waals surface area (Å²) in [5.74, 6) is 0.518. The van der Waals surface area contributed by atoms with E-state index in [9.17, 15) is 9.90 Å². The summed E-state index contributed by atoms with van der Waals surface area (Å²) in [6, 6.07) is 7.79. The maximum atomic E-state index is 13.0. The standard InChI is InChI=1S/C19H24N2O3/c1-13-7-4-5-9-15(13)17-16(11-20-24-17)18(22)21-10-6-8-14(12-21)19(2,3)23/h4-5,7,9,11,14,23H,6,8,10,12H2,1-3H3. The molecule has 0 saturated carbocycles. The summed E-state index contributed by atoms with van der Waals surface area (Å²) in [6.07, 6.45) is 3.32. The highest BCUT2D eigenvalue weighted by molar-refractivity contribution is 5.99. The second-order valence-electron chi connectivity index (χ2n) is 7.13. The molecule has 1 aromatic carbocycles. The van der Waals surface area contributed by atoms with Crippen LogP contribution in [-0.4, -0.2) is 39.8 Å². The van der Waals surface area contributed by atoms with Gasteiger partial charge in [0.1, 0.15) is 5.56 Å². The van der Waals surface area contributed by atoms with Crippen LogP contribution in [0.5, 0.6) is 0 Å². The molecule has 1 aliphatic heterocycles. The van der Waals surface area contributed by atoms with Gasteiger partial charge in [0, 0.05) is 24.6 Å². The van der Waals surface area contributed by atoms with Crippen LogP contribution in [0, 0.1) is 12.8 Å². The summed E-state index contributed by atoms with van der Waals surface area (Å²) >= 11 is 0. The van der Waals surface area contributed by atoms with Crippen LogP contribution < -0.4 is 0 Å². The molecule has 3 rings (SSSR count). The van der Waals surface area contributed by atoms with Gasteiger partial charge < -0.3 is 14.5 Å². The Labute approximate surface area is 142 Å². The molecule has 1 fully saturated rings. The summed E-state index contributed by atoms with van der Waals surface area (Å²) in [4.78, 5) is 14.8. The second-order valence-corrected chi connectivity index (χ2v) is 7.13. The van der Waals surface area contributed by atoms with Gasteiger partial charge in [-0.25, -0.2) is 0 Å². The number of hydrogen-bond acceptors (Lipinski definition) is 4. The molecule has 1 unspecified atom stereocenters. The van der Waals surface area contributed by atoms with Crippen LogP contribution in [0.4, 0.5) is 0 Å². The second kappa shape index (κ2) is 6.40. The smallest absolute Gasteiger partial charge is 0.259 e. The third kappa shape index (κ3) is 3.22. The van der Waals surface area contributed by atoms with E-state index in [1.54, 1.807) is 4.90 Å². The average molecular weight is 328 g/mol. The Kier molecular flexibility index (Phi) is 4.45. The van der Waals surface area contributed by atoms with Gasteiger partial charge in [-0.3, -0.25) is 4.79 Å². The third-order valence-corrected chi connectivity index (χ3v) is 4.90. The fourth-order valence-corrected chi connectivity index (χ4v) is 3.32. The molecule has 0 bridgehead atoms. The van der Waals surface area contributed by atoms with Gasteiger partial charge in [-0.05, 0) is 39.2 Å². The summed E-state index contributed by atoms with van der Waals surface area (Å²) in [7, 11) is 0. The minimum absolute atomic E-state index is 0.0801. The Morgan fingerprint density at radius 1 is 1.38 bits per heavy atom. The molecule has 1 amide bonds. The number of likely N-dealkylation sites (tertiary alicyclic amines) is 1. The Bertz CT molecular complexity index is 730. The van der Waals surface area contributed by atoms with Crippen molar-refractivity contribution >= 4 is 5.91 Å². The van der Waals surface area contributed by atoms with Crippen LogP contribution in [0.25, 0.3) is 11.3 Å². The lowest BCUT2D eigenvalue weighted by Gasteiger charge is -2.38. The van der Waals surface area contributed by atoms with Gasteiger partial charge in [-0.1, -0.05) is 29.4 Å². The molecular weight excluding hydrogens is 304 g/mol. The van der Waals surface area contributed by atoms with E-state index < -0.39 is 5.60 Å². The van der Waals surface area contributed by atoms with Crippen LogP contribution >= 0.6 is 0 Å². The van der Waals surface area contributed by atoms with E-state index in [1.807, 2.05) is 45.0 Å². The van der Waals surface area contributed by atoms with Gasteiger partial charge in [-0.2, -0.15) is 0 Å². The minimum atomic E-state index is -0.785. The van der Waals surface area contributed by atoms with Crippen molar-refractivity contribution in [2.24, 2.45) is 5.92 Å². The predicted octanol–water partition coefficient (Wildman–Crippen LogP) is 3.27. The number of aromatic nitrogens is 1. The van der Waals surface area contributed by atoms with Gasteiger partial charge in [0.2, 0.25) is 0 Å². The molecular formula is C19H24N2O3. The van der Waals surface area contributed by atoms with Crippen LogP contribution in [0.1, 0.15) is 42.6 Å². The number of aliphatic hydroxyl groups is 1. The zero-order valence-corrected chi connectivity index (χ0v) is 14.5. The number of rotatable bonds is 3. The van der Waals surface area contributed by atoms with E-state index in [-0.39, 0.29) is 11.8 Å². The molecule has 0 spiro atoms. The molecule has 2 heterocycles. The largest absolute Gasteiger partial charge is 0.390 e. The molecule has 2 aromatic rings. The van der Waals surface area contributed by atoms with Crippen LogP contribution in [0.15, 0.2) is 35.0 Å². The van der Waals surface area contributed by atoms with Crippen molar-refractivity contribution in [3.63, 3.8) is 0 Å². The number of carbonyl (C=O) groups is 1. The zero-order valence-electron chi connectivity index (χ0n) is 14.5. The zero-order chi connectivity index (χ0) is 17.3. The fourth-order valence-electron chi connectivity index (χ4n) is 3.32. The van der Waals surface area contributed by atoms with Crippen molar-refractivity contribution in [3.05, 3.63) is 41.6 Å². The Morgan fingerprint density at radius 3 is 2.83 bits per heavy atom. The maximum absolute atomic E-state index is 13.0. The van der Waals surface area contributed by atoms with Crippen LogP contribution in [0.3, 0.4) is 0 Å². The van der Waals surface area contributed by atoms with Crippen molar-refractivity contribution in [1.29, 1.82) is 0 Å². The molecule has 5 heteroatoms. The van der Waals surface area contributed by atoms with Crippen molar-refractivity contribution in [2.75, 3.05) is 13.1 Å². The first-order valence-electron chi connectivity index (χ1n) is 8.40. The number of nitrogens with zero attached hydrogens (tertiary/aromatic N) is 2. The SMILES string of the molecule is Cc1ccccc1-c1oncc1C(=O)N1CCCC(C(C)(C)O)C1. The van der Waals surface area contributed by atoms with Gasteiger partial charge in [0.05, 0.1) is 11.8 Å². The number of benzene rings is 1. The normalized spacial score (nSPS) is 18.7. The first-order valence-corrected chi connectivity index (χ1v) is 8.40. The Morgan fingerprint density at radius 2 is 2.12 bits per heavy atom. The van der Waals surface area contributed by atoms with Gasteiger partial charge in [0.15, 0.2) is 5.76 Å². The fraction of sp³-hybridized carbons (Fsp3) is 0.474. The average Bonchev–Trinajstić information content (AvgIpc) is 3.03. The first-order chi connectivity index (χ1) is 11.4.